The van der Waals surface area contributed by atoms with Crippen molar-refractivity contribution in [2.75, 3.05) is 0 Å². The standard InChI is InChI=1S/C10H17NO/c1-9(2)8(12)4-5-10(9,3)6-7-11/h8,12H,4-6H2,1-3H3. The van der Waals surface area contributed by atoms with Crippen molar-refractivity contribution in [2.24, 2.45) is 10.8 Å². The van der Waals surface area contributed by atoms with Crippen molar-refractivity contribution in [3.63, 3.8) is 0 Å². The largest absolute Gasteiger partial charge is 0.393 e. The number of rotatable bonds is 1. The Morgan fingerprint density at radius 1 is 1.50 bits per heavy atom. The number of aliphatic hydroxyl groups is 1. The summed E-state index contributed by atoms with van der Waals surface area (Å²) in [6.07, 6.45) is 2.12. The monoisotopic (exact) mass is 167 g/mol. The number of hydrogen-bond donors (Lipinski definition) is 1. The molecule has 1 aliphatic rings. The fourth-order valence-corrected chi connectivity index (χ4v) is 2.03. The third-order valence-electron chi connectivity index (χ3n) is 3.83. The van der Waals surface area contributed by atoms with Gasteiger partial charge in [-0.15, -0.1) is 0 Å². The molecule has 0 heterocycles. The lowest BCUT2D eigenvalue weighted by atomic mass is 9.67. The minimum absolute atomic E-state index is 0.00116. The summed E-state index contributed by atoms with van der Waals surface area (Å²) in [5.74, 6) is 0. The van der Waals surface area contributed by atoms with E-state index in [9.17, 15) is 5.11 Å². The van der Waals surface area contributed by atoms with Gasteiger partial charge in [0.05, 0.1) is 12.2 Å². The SMILES string of the molecule is CC1(CC#N)CCC(O)C1(C)C. The molecule has 0 amide bonds. The van der Waals surface area contributed by atoms with E-state index in [0.29, 0.717) is 6.42 Å². The van der Waals surface area contributed by atoms with Crippen LogP contribution >= 0.6 is 0 Å². The third kappa shape index (κ3) is 1.13. The van der Waals surface area contributed by atoms with Gasteiger partial charge in [-0.2, -0.15) is 5.26 Å². The first-order chi connectivity index (χ1) is 5.44. The lowest BCUT2D eigenvalue weighted by molar-refractivity contribution is 0.0143. The van der Waals surface area contributed by atoms with E-state index in [2.05, 4.69) is 26.8 Å². The molecule has 0 aliphatic heterocycles. The molecule has 68 valence electrons. The number of nitriles is 1. The van der Waals surface area contributed by atoms with Crippen LogP contribution in [0.15, 0.2) is 0 Å². The van der Waals surface area contributed by atoms with Gasteiger partial charge in [-0.1, -0.05) is 20.8 Å². The third-order valence-corrected chi connectivity index (χ3v) is 3.83. The number of nitrogens with zero attached hydrogens (tertiary/aromatic N) is 1. The van der Waals surface area contributed by atoms with Gasteiger partial charge in [-0.25, -0.2) is 0 Å². The molecule has 0 bridgehead atoms. The van der Waals surface area contributed by atoms with E-state index in [1.54, 1.807) is 0 Å². The molecule has 2 nitrogen and oxygen atoms in total. The zero-order chi connectivity index (χ0) is 9.41. The van der Waals surface area contributed by atoms with Gasteiger partial charge < -0.3 is 5.11 Å². The van der Waals surface area contributed by atoms with Gasteiger partial charge in [-0.3, -0.25) is 0 Å². The average Bonchev–Trinajstić information content (AvgIpc) is 2.16. The maximum Gasteiger partial charge on any atom is 0.0627 e. The van der Waals surface area contributed by atoms with Crippen LogP contribution in [-0.4, -0.2) is 11.2 Å². The maximum absolute atomic E-state index is 9.71. The molecule has 2 atom stereocenters. The highest BCUT2D eigenvalue weighted by Gasteiger charge is 2.50. The molecule has 1 rings (SSSR count). The second-order valence-corrected chi connectivity index (χ2v) is 4.67. The fourth-order valence-electron chi connectivity index (χ4n) is 2.03. The molecule has 0 aromatic rings. The Kier molecular flexibility index (Phi) is 2.18. The van der Waals surface area contributed by atoms with Crippen LogP contribution in [0.4, 0.5) is 0 Å². The van der Waals surface area contributed by atoms with Crippen LogP contribution in [0.1, 0.15) is 40.0 Å². The molecule has 1 fully saturated rings. The van der Waals surface area contributed by atoms with Crippen molar-refractivity contribution in [3.05, 3.63) is 0 Å². The molecule has 0 aromatic carbocycles. The summed E-state index contributed by atoms with van der Waals surface area (Å²) in [7, 11) is 0. The molecule has 2 heteroatoms. The Balaban J connectivity index is 2.87. The van der Waals surface area contributed by atoms with Crippen molar-refractivity contribution in [3.8, 4) is 6.07 Å². The predicted octanol–water partition coefficient (Wildman–Crippen LogP) is 2.09. The quantitative estimate of drug-likeness (QED) is 0.649. The van der Waals surface area contributed by atoms with Crippen LogP contribution in [0, 0.1) is 22.2 Å². The van der Waals surface area contributed by atoms with Gasteiger partial charge in [-0.05, 0) is 23.7 Å². The first-order valence-corrected chi connectivity index (χ1v) is 4.49. The van der Waals surface area contributed by atoms with Crippen molar-refractivity contribution in [2.45, 2.75) is 46.1 Å². The van der Waals surface area contributed by atoms with E-state index in [-0.39, 0.29) is 16.9 Å². The number of hydrogen-bond acceptors (Lipinski definition) is 2. The summed E-state index contributed by atoms with van der Waals surface area (Å²) in [6, 6.07) is 2.22. The molecular formula is C10H17NO. The van der Waals surface area contributed by atoms with Gasteiger partial charge >= 0.3 is 0 Å². The zero-order valence-electron chi connectivity index (χ0n) is 8.09. The zero-order valence-corrected chi connectivity index (χ0v) is 8.09. The normalized spacial score (nSPS) is 39.4. The molecule has 1 N–H and O–H groups in total. The summed E-state index contributed by atoms with van der Waals surface area (Å²) in [5, 5.41) is 18.4. The Morgan fingerprint density at radius 2 is 2.08 bits per heavy atom. The highest BCUT2D eigenvalue weighted by Crippen LogP contribution is 2.54. The summed E-state index contributed by atoms with van der Waals surface area (Å²) >= 11 is 0. The van der Waals surface area contributed by atoms with E-state index in [0.717, 1.165) is 12.8 Å². The van der Waals surface area contributed by atoms with Gasteiger partial charge in [0, 0.05) is 6.42 Å². The summed E-state index contributed by atoms with van der Waals surface area (Å²) in [6.45, 7) is 6.22. The second-order valence-electron chi connectivity index (χ2n) is 4.67. The van der Waals surface area contributed by atoms with Crippen molar-refractivity contribution in [1.29, 1.82) is 5.26 Å². The highest BCUT2D eigenvalue weighted by atomic mass is 16.3. The minimum atomic E-state index is -0.240. The molecule has 0 saturated heterocycles. The van der Waals surface area contributed by atoms with E-state index in [1.807, 2.05) is 0 Å². The summed E-state index contributed by atoms with van der Waals surface area (Å²) in [4.78, 5) is 0. The number of aliphatic hydroxyl groups excluding tert-OH is 1. The van der Waals surface area contributed by atoms with E-state index >= 15 is 0 Å². The van der Waals surface area contributed by atoms with Crippen LogP contribution in [0.2, 0.25) is 0 Å². The molecule has 0 radical (unpaired) electrons. The van der Waals surface area contributed by atoms with E-state index in [4.69, 9.17) is 5.26 Å². The van der Waals surface area contributed by atoms with E-state index in [1.165, 1.54) is 0 Å². The van der Waals surface area contributed by atoms with Crippen LogP contribution in [0.25, 0.3) is 0 Å². The smallest absolute Gasteiger partial charge is 0.0627 e. The summed E-state index contributed by atoms with van der Waals surface area (Å²) < 4.78 is 0. The predicted molar refractivity (Wildman–Crippen MR) is 47.4 cm³/mol. The minimum Gasteiger partial charge on any atom is -0.393 e. The molecular weight excluding hydrogens is 150 g/mol. The van der Waals surface area contributed by atoms with Gasteiger partial charge in [0.15, 0.2) is 0 Å². The van der Waals surface area contributed by atoms with Crippen LogP contribution in [-0.2, 0) is 0 Å². The highest BCUT2D eigenvalue weighted by molar-refractivity contribution is 5.03. The Hall–Kier alpha value is -0.550. The Labute approximate surface area is 74.2 Å². The van der Waals surface area contributed by atoms with Crippen molar-refractivity contribution >= 4 is 0 Å². The van der Waals surface area contributed by atoms with Gasteiger partial charge in [0.1, 0.15) is 0 Å². The molecule has 0 spiro atoms. The van der Waals surface area contributed by atoms with Gasteiger partial charge in [0.2, 0.25) is 0 Å². The van der Waals surface area contributed by atoms with Crippen LogP contribution in [0.5, 0.6) is 0 Å². The van der Waals surface area contributed by atoms with Crippen molar-refractivity contribution < 1.29 is 5.11 Å². The van der Waals surface area contributed by atoms with Crippen LogP contribution in [0.3, 0.4) is 0 Å². The van der Waals surface area contributed by atoms with Crippen molar-refractivity contribution in [1.82, 2.24) is 0 Å². The molecule has 12 heavy (non-hydrogen) atoms. The average molecular weight is 167 g/mol. The lowest BCUT2D eigenvalue weighted by Gasteiger charge is -2.38. The maximum atomic E-state index is 9.71. The first-order valence-electron chi connectivity index (χ1n) is 4.49. The molecule has 0 aromatic heterocycles. The topological polar surface area (TPSA) is 44.0 Å². The van der Waals surface area contributed by atoms with Gasteiger partial charge in [0.25, 0.3) is 0 Å². The molecule has 1 saturated carbocycles. The Bertz CT molecular complexity index is 216. The second kappa shape index (κ2) is 2.74. The molecule has 1 aliphatic carbocycles. The fraction of sp³-hybridized carbons (Fsp3) is 0.900. The lowest BCUT2D eigenvalue weighted by Crippen LogP contribution is -2.36. The van der Waals surface area contributed by atoms with E-state index < -0.39 is 0 Å². The Morgan fingerprint density at radius 3 is 2.42 bits per heavy atom. The molecule has 2 unspecified atom stereocenters. The van der Waals surface area contributed by atoms with Crippen LogP contribution < -0.4 is 0 Å². The summed E-state index contributed by atoms with van der Waals surface area (Å²) in [5.41, 5.74) is -0.107. The first kappa shape index (κ1) is 9.54.